The quantitative estimate of drug-likeness (QED) is 0.0426. The molecule has 31 heavy (non-hydrogen) atoms. The van der Waals surface area contributed by atoms with Crippen LogP contribution in [0.2, 0.25) is 0 Å². The Hall–Kier alpha value is -0.760. The maximum atomic E-state index is 11.0. The summed E-state index contributed by atoms with van der Waals surface area (Å²) in [7, 11) is -8.83. The molecule has 0 aromatic rings. The molecule has 0 rings (SSSR count). The van der Waals surface area contributed by atoms with Crippen molar-refractivity contribution in [3.8, 4) is 0 Å². The normalized spacial score (nSPS) is 13.7. The molecule has 0 heterocycles. The van der Waals surface area contributed by atoms with Crippen LogP contribution < -0.4 is 0 Å². The molecule has 0 saturated heterocycles. The van der Waals surface area contributed by atoms with Gasteiger partial charge in [0.25, 0.3) is 0 Å². The van der Waals surface area contributed by atoms with E-state index < -0.39 is 26.1 Å². The molecule has 12 heteroatoms. The van der Waals surface area contributed by atoms with E-state index >= 15 is 0 Å². The van der Waals surface area contributed by atoms with Crippen molar-refractivity contribution >= 4 is 26.1 Å². The first-order valence-electron chi connectivity index (χ1n) is 11.2. The van der Waals surface area contributed by atoms with Gasteiger partial charge in [-0.2, -0.15) is 0 Å². The fourth-order valence-electron chi connectivity index (χ4n) is 3.37. The van der Waals surface area contributed by atoms with Crippen molar-refractivity contribution in [2.45, 2.75) is 109 Å². The fourth-order valence-corrected chi connectivity index (χ4v) is 4.50. The summed E-state index contributed by atoms with van der Waals surface area (Å²) in [5, 5.41) is 22.6. The number of unbranched alkanes of at least 4 members (excludes halogenated alkanes) is 14. The van der Waals surface area contributed by atoms with Crippen molar-refractivity contribution in [2.24, 2.45) is 10.3 Å². The molecule has 0 aromatic heterocycles. The molecule has 0 atom stereocenters. The molecule has 0 radical (unpaired) electrons. The Balaban J connectivity index is 3.37. The van der Waals surface area contributed by atoms with Crippen molar-refractivity contribution in [3.05, 3.63) is 0 Å². The second kappa shape index (κ2) is 17.8. The minimum atomic E-state index is -4.41. The number of hydrogen-bond donors (Lipinski definition) is 6. The molecule has 184 valence electrons. The van der Waals surface area contributed by atoms with E-state index in [-0.39, 0.29) is 12.8 Å². The Labute approximate surface area is 185 Å². The molecule has 0 aliphatic heterocycles. The Kier molecular flexibility index (Phi) is 17.3. The Morgan fingerprint density at radius 3 is 0.806 bits per heavy atom. The highest BCUT2D eigenvalue weighted by Crippen LogP contribution is 2.39. The van der Waals surface area contributed by atoms with Crippen LogP contribution in [0.5, 0.6) is 0 Å². The maximum Gasteiger partial charge on any atom is 0.373 e. The van der Waals surface area contributed by atoms with Gasteiger partial charge in [-0.15, -0.1) is 0 Å². The van der Waals surface area contributed by atoms with Gasteiger partial charge in [-0.25, -0.2) is 0 Å². The van der Waals surface area contributed by atoms with Crippen LogP contribution >= 0.6 is 15.2 Å². The lowest BCUT2D eigenvalue weighted by atomic mass is 10.0. The standard InChI is InChI=1S/C19H40N2O8P2/c22-20-18(30(24,25)26)16-14-12-10-8-6-4-2-1-3-5-7-9-11-13-15-17-19(21-23)31(27,28)29/h22-23H,1-17H2,(H2,24,25,26)(H2,27,28,29)/b20-18-,21-19+. The second-order valence-electron chi connectivity index (χ2n) is 7.92. The van der Waals surface area contributed by atoms with Crippen LogP contribution in [0.3, 0.4) is 0 Å². The SMILES string of the molecule is O=P(O)(O)/C(CCCCCCCCCCCCCCCCC/C(=N\O)P(=O)(O)O)=N\O. The highest BCUT2D eigenvalue weighted by Gasteiger charge is 2.23. The van der Waals surface area contributed by atoms with E-state index in [9.17, 15) is 9.13 Å². The molecule has 0 unspecified atom stereocenters. The smallest absolute Gasteiger partial charge is 0.373 e. The van der Waals surface area contributed by atoms with Crippen molar-refractivity contribution < 1.29 is 39.1 Å². The fraction of sp³-hybridized carbons (Fsp3) is 0.895. The third kappa shape index (κ3) is 17.5. The Morgan fingerprint density at radius 1 is 0.452 bits per heavy atom. The number of rotatable bonds is 20. The monoisotopic (exact) mass is 486 g/mol. The van der Waals surface area contributed by atoms with Gasteiger partial charge in [-0.3, -0.25) is 9.13 Å². The third-order valence-corrected chi connectivity index (χ3v) is 7.18. The summed E-state index contributed by atoms with van der Waals surface area (Å²) in [4.78, 5) is 35.8. The van der Waals surface area contributed by atoms with E-state index in [0.717, 1.165) is 51.4 Å². The average molecular weight is 486 g/mol. The molecule has 0 aliphatic rings. The Morgan fingerprint density at radius 2 is 0.645 bits per heavy atom. The zero-order valence-electron chi connectivity index (χ0n) is 18.3. The van der Waals surface area contributed by atoms with E-state index in [0.29, 0.717) is 12.8 Å². The second-order valence-corrected chi connectivity index (χ2v) is 11.1. The van der Waals surface area contributed by atoms with Crippen molar-refractivity contribution in [3.63, 3.8) is 0 Å². The van der Waals surface area contributed by atoms with Gasteiger partial charge >= 0.3 is 15.2 Å². The predicted molar refractivity (Wildman–Crippen MR) is 121 cm³/mol. The van der Waals surface area contributed by atoms with Crippen molar-refractivity contribution in [1.82, 2.24) is 0 Å². The summed E-state index contributed by atoms with van der Waals surface area (Å²) in [5.74, 6) is 0. The predicted octanol–water partition coefficient (Wildman–Crippen LogP) is 5.55. The molecule has 0 aliphatic carbocycles. The van der Waals surface area contributed by atoms with Gasteiger partial charge < -0.3 is 30.0 Å². The van der Waals surface area contributed by atoms with E-state index in [1.807, 2.05) is 0 Å². The van der Waals surface area contributed by atoms with Gasteiger partial charge in [0.15, 0.2) is 10.9 Å². The summed E-state index contributed by atoms with van der Waals surface area (Å²) in [6.07, 6.45) is 15.8. The lowest BCUT2D eigenvalue weighted by Gasteiger charge is -2.06. The molecule has 0 fully saturated rings. The molecule has 10 nitrogen and oxygen atoms in total. The Bertz CT molecular complexity index is 564. The van der Waals surface area contributed by atoms with Gasteiger partial charge in [-0.1, -0.05) is 93.8 Å². The maximum absolute atomic E-state index is 11.0. The number of hydrogen-bond acceptors (Lipinski definition) is 6. The molecule has 0 bridgehead atoms. The highest BCUT2D eigenvalue weighted by molar-refractivity contribution is 7.70. The van der Waals surface area contributed by atoms with Crippen LogP contribution in [0.25, 0.3) is 0 Å². The molecular weight excluding hydrogens is 446 g/mol. The lowest BCUT2D eigenvalue weighted by molar-refractivity contribution is 0.314. The van der Waals surface area contributed by atoms with Crippen LogP contribution in [0.4, 0.5) is 0 Å². The van der Waals surface area contributed by atoms with Crippen LogP contribution in [0.15, 0.2) is 10.3 Å². The largest absolute Gasteiger partial charge is 0.410 e. The highest BCUT2D eigenvalue weighted by atomic mass is 31.2. The lowest BCUT2D eigenvalue weighted by Crippen LogP contribution is -1.99. The molecule has 0 spiro atoms. The minimum absolute atomic E-state index is 0.131. The summed E-state index contributed by atoms with van der Waals surface area (Å²) >= 11 is 0. The first-order chi connectivity index (χ1) is 14.6. The first-order valence-corrected chi connectivity index (χ1v) is 14.4. The molecule has 0 amide bonds. The van der Waals surface area contributed by atoms with Crippen LogP contribution in [-0.2, 0) is 9.13 Å². The van der Waals surface area contributed by atoms with Gasteiger partial charge in [0.05, 0.1) is 0 Å². The summed E-state index contributed by atoms with van der Waals surface area (Å²) in [6.45, 7) is 0. The van der Waals surface area contributed by atoms with Crippen molar-refractivity contribution in [1.29, 1.82) is 0 Å². The number of oxime groups is 2. The molecular formula is C19H40N2O8P2. The average Bonchev–Trinajstić information content (AvgIpc) is 2.68. The van der Waals surface area contributed by atoms with E-state index in [2.05, 4.69) is 10.3 Å². The summed E-state index contributed by atoms with van der Waals surface area (Å²) in [6, 6.07) is 0. The van der Waals surface area contributed by atoms with Gasteiger partial charge in [-0.05, 0) is 12.8 Å². The summed E-state index contributed by atoms with van der Waals surface area (Å²) in [5.41, 5.74) is -0.865. The molecule has 0 saturated carbocycles. The molecule has 6 N–H and O–H groups in total. The molecule has 0 aromatic carbocycles. The minimum Gasteiger partial charge on any atom is -0.410 e. The zero-order chi connectivity index (χ0) is 23.6. The van der Waals surface area contributed by atoms with Gasteiger partial charge in [0.1, 0.15) is 0 Å². The topological polar surface area (TPSA) is 180 Å². The van der Waals surface area contributed by atoms with Crippen LogP contribution in [0.1, 0.15) is 109 Å². The van der Waals surface area contributed by atoms with E-state index in [4.69, 9.17) is 30.0 Å². The summed E-state index contributed by atoms with van der Waals surface area (Å²) < 4.78 is 22.0. The van der Waals surface area contributed by atoms with E-state index in [1.165, 1.54) is 32.1 Å². The van der Waals surface area contributed by atoms with Gasteiger partial charge in [0.2, 0.25) is 0 Å². The third-order valence-electron chi connectivity index (χ3n) is 5.20. The van der Waals surface area contributed by atoms with E-state index in [1.54, 1.807) is 0 Å². The van der Waals surface area contributed by atoms with Crippen molar-refractivity contribution in [2.75, 3.05) is 0 Å². The van der Waals surface area contributed by atoms with Gasteiger partial charge in [0, 0.05) is 12.8 Å². The first kappa shape index (κ1) is 30.2. The number of nitrogens with zero attached hydrogens (tertiary/aromatic N) is 2. The van der Waals surface area contributed by atoms with Crippen LogP contribution in [-0.4, -0.2) is 40.9 Å². The van der Waals surface area contributed by atoms with Crippen LogP contribution in [0, 0.1) is 0 Å². The zero-order valence-corrected chi connectivity index (χ0v) is 20.1.